The molecule has 3 rings (SSSR count). The van der Waals surface area contributed by atoms with Gasteiger partial charge in [-0.1, -0.05) is 18.2 Å². The van der Waals surface area contributed by atoms with Gasteiger partial charge >= 0.3 is 0 Å². The second-order valence-corrected chi connectivity index (χ2v) is 6.06. The first-order valence-electron chi connectivity index (χ1n) is 8.11. The van der Waals surface area contributed by atoms with E-state index in [1.165, 1.54) is 25.3 Å². The van der Waals surface area contributed by atoms with Gasteiger partial charge in [0.25, 0.3) is 0 Å². The first-order valence-corrected chi connectivity index (χ1v) is 8.11. The lowest BCUT2D eigenvalue weighted by atomic mass is 9.89. The number of benzene rings is 2. The fraction of sp³-hybridized carbons (Fsp3) is 0.300. The van der Waals surface area contributed by atoms with Crippen LogP contribution in [0, 0.1) is 17.5 Å². The third-order valence-electron chi connectivity index (χ3n) is 4.59. The molecule has 0 aliphatic carbocycles. The molecule has 2 atom stereocenters. The van der Waals surface area contributed by atoms with E-state index in [0.29, 0.717) is 12.2 Å². The molecule has 5 heteroatoms. The molecule has 2 nitrogen and oxygen atoms in total. The summed E-state index contributed by atoms with van der Waals surface area (Å²) in [6, 6.07) is 7.16. The Morgan fingerprint density at radius 1 is 1.12 bits per heavy atom. The number of rotatable bonds is 4. The predicted molar refractivity (Wildman–Crippen MR) is 90.2 cm³/mol. The van der Waals surface area contributed by atoms with Crippen LogP contribution in [0.3, 0.4) is 0 Å². The summed E-state index contributed by atoms with van der Waals surface area (Å²) in [7, 11) is 1.26. The van der Waals surface area contributed by atoms with Gasteiger partial charge < -0.3 is 9.47 Å². The van der Waals surface area contributed by atoms with Crippen LogP contribution < -0.4 is 4.74 Å². The summed E-state index contributed by atoms with van der Waals surface area (Å²) >= 11 is 0. The lowest BCUT2D eigenvalue weighted by Crippen LogP contribution is -2.23. The molecule has 0 amide bonds. The largest absolute Gasteiger partial charge is 0.494 e. The summed E-state index contributed by atoms with van der Waals surface area (Å²) in [5.41, 5.74) is 0.803. The molecular weight excluding hydrogens is 329 g/mol. The average Bonchev–Trinajstić information content (AvgIpc) is 2.64. The van der Waals surface area contributed by atoms with Crippen LogP contribution in [0.4, 0.5) is 13.2 Å². The molecule has 1 saturated heterocycles. The highest BCUT2D eigenvalue weighted by Gasteiger charge is 2.24. The fourth-order valence-corrected chi connectivity index (χ4v) is 3.14. The Hall–Kier alpha value is -2.27. The van der Waals surface area contributed by atoms with Gasteiger partial charge in [0.1, 0.15) is 5.82 Å². The van der Waals surface area contributed by atoms with E-state index in [9.17, 15) is 13.2 Å². The van der Waals surface area contributed by atoms with Crippen molar-refractivity contribution in [2.45, 2.75) is 24.9 Å². The highest BCUT2D eigenvalue weighted by Crippen LogP contribution is 2.34. The lowest BCUT2D eigenvalue weighted by Gasteiger charge is -2.27. The zero-order valence-electron chi connectivity index (χ0n) is 13.9. The summed E-state index contributed by atoms with van der Waals surface area (Å²) in [5, 5.41) is 0. The Morgan fingerprint density at radius 2 is 1.92 bits per heavy atom. The minimum absolute atomic E-state index is 0.00429. The first-order chi connectivity index (χ1) is 12.0. The van der Waals surface area contributed by atoms with Crippen molar-refractivity contribution in [3.63, 3.8) is 0 Å². The van der Waals surface area contributed by atoms with Crippen molar-refractivity contribution >= 4 is 0 Å². The SMILES string of the molecule is C=CC1CCC(c2ccc(-c3ccc(OC)c(F)c3F)cc2F)CO1. The number of ether oxygens (including phenoxy) is 2. The van der Waals surface area contributed by atoms with Gasteiger partial charge in [0.15, 0.2) is 11.6 Å². The maximum Gasteiger partial charge on any atom is 0.201 e. The van der Waals surface area contributed by atoms with Crippen molar-refractivity contribution in [2.75, 3.05) is 13.7 Å². The van der Waals surface area contributed by atoms with Crippen molar-refractivity contribution < 1.29 is 22.6 Å². The van der Waals surface area contributed by atoms with E-state index in [2.05, 4.69) is 6.58 Å². The van der Waals surface area contributed by atoms with Crippen LogP contribution in [-0.2, 0) is 4.74 Å². The van der Waals surface area contributed by atoms with Crippen molar-refractivity contribution in [3.8, 4) is 16.9 Å². The van der Waals surface area contributed by atoms with Gasteiger partial charge in [-0.05, 0) is 42.2 Å². The molecule has 0 saturated carbocycles. The van der Waals surface area contributed by atoms with Crippen LogP contribution in [0.15, 0.2) is 43.0 Å². The lowest BCUT2D eigenvalue weighted by molar-refractivity contribution is 0.0321. The minimum atomic E-state index is -1.08. The topological polar surface area (TPSA) is 18.5 Å². The Labute approximate surface area is 144 Å². The van der Waals surface area contributed by atoms with Crippen molar-refractivity contribution in [1.82, 2.24) is 0 Å². The quantitative estimate of drug-likeness (QED) is 0.705. The van der Waals surface area contributed by atoms with Crippen LogP contribution in [-0.4, -0.2) is 19.8 Å². The minimum Gasteiger partial charge on any atom is -0.494 e. The van der Waals surface area contributed by atoms with Crippen LogP contribution in [0.5, 0.6) is 5.75 Å². The third-order valence-corrected chi connectivity index (χ3v) is 4.59. The molecule has 2 aromatic rings. The normalized spacial score (nSPS) is 20.3. The van der Waals surface area contributed by atoms with Gasteiger partial charge in [0.05, 0.1) is 19.8 Å². The van der Waals surface area contributed by atoms with Gasteiger partial charge in [0.2, 0.25) is 5.82 Å². The van der Waals surface area contributed by atoms with E-state index in [1.807, 2.05) is 0 Å². The average molecular weight is 348 g/mol. The predicted octanol–water partition coefficient (Wildman–Crippen LogP) is 5.23. The third kappa shape index (κ3) is 3.42. The molecule has 132 valence electrons. The Morgan fingerprint density at radius 3 is 2.52 bits per heavy atom. The van der Waals surface area contributed by atoms with Crippen molar-refractivity contribution in [3.05, 3.63) is 66.0 Å². The van der Waals surface area contributed by atoms with E-state index < -0.39 is 17.5 Å². The molecule has 2 unspecified atom stereocenters. The summed E-state index contributed by atoms with van der Waals surface area (Å²) in [6.45, 7) is 4.11. The Kier molecular flexibility index (Phi) is 5.13. The van der Waals surface area contributed by atoms with Gasteiger partial charge in [-0.3, -0.25) is 0 Å². The van der Waals surface area contributed by atoms with Crippen LogP contribution in [0.2, 0.25) is 0 Å². The van der Waals surface area contributed by atoms with Gasteiger partial charge in [-0.25, -0.2) is 8.78 Å². The summed E-state index contributed by atoms with van der Waals surface area (Å²) in [4.78, 5) is 0. The Balaban J connectivity index is 1.88. The van der Waals surface area contributed by atoms with Crippen LogP contribution in [0.1, 0.15) is 24.3 Å². The zero-order chi connectivity index (χ0) is 18.0. The maximum absolute atomic E-state index is 14.6. The molecule has 1 fully saturated rings. The molecular formula is C20H19F3O2. The Bertz CT molecular complexity index is 781. The zero-order valence-corrected chi connectivity index (χ0v) is 13.9. The molecule has 1 aliphatic heterocycles. The second-order valence-electron chi connectivity index (χ2n) is 6.06. The van der Waals surface area contributed by atoms with E-state index >= 15 is 0 Å². The monoisotopic (exact) mass is 348 g/mol. The molecule has 1 aliphatic rings. The summed E-state index contributed by atoms with van der Waals surface area (Å²) < 4.78 is 53.0. The number of halogens is 3. The van der Waals surface area contributed by atoms with E-state index in [0.717, 1.165) is 12.8 Å². The molecule has 0 aromatic heterocycles. The molecule has 0 bridgehead atoms. The second kappa shape index (κ2) is 7.31. The smallest absolute Gasteiger partial charge is 0.201 e. The van der Waals surface area contributed by atoms with E-state index in [1.54, 1.807) is 18.2 Å². The molecule has 0 N–H and O–H groups in total. The van der Waals surface area contributed by atoms with Gasteiger partial charge in [-0.2, -0.15) is 4.39 Å². The van der Waals surface area contributed by atoms with Gasteiger partial charge in [0, 0.05) is 11.5 Å². The van der Waals surface area contributed by atoms with E-state index in [-0.39, 0.29) is 28.9 Å². The molecule has 0 spiro atoms. The molecule has 25 heavy (non-hydrogen) atoms. The summed E-state index contributed by atoms with van der Waals surface area (Å²) in [6.07, 6.45) is 3.33. The molecule has 1 heterocycles. The van der Waals surface area contributed by atoms with Crippen LogP contribution in [0.25, 0.3) is 11.1 Å². The summed E-state index contributed by atoms with van der Waals surface area (Å²) in [5.74, 6) is -2.82. The van der Waals surface area contributed by atoms with Crippen LogP contribution >= 0.6 is 0 Å². The molecule has 0 radical (unpaired) electrons. The highest BCUT2D eigenvalue weighted by molar-refractivity contribution is 5.66. The standard InChI is InChI=1S/C20H19F3O2/c1-3-14-6-4-13(11-25-14)15-7-5-12(10-17(15)21)16-8-9-18(24-2)20(23)19(16)22/h3,5,7-10,13-14H,1,4,6,11H2,2H3. The number of methoxy groups -OCH3 is 1. The number of hydrogen-bond donors (Lipinski definition) is 0. The maximum atomic E-state index is 14.6. The van der Waals surface area contributed by atoms with Crippen molar-refractivity contribution in [2.24, 2.45) is 0 Å². The van der Waals surface area contributed by atoms with Crippen molar-refractivity contribution in [1.29, 1.82) is 0 Å². The highest BCUT2D eigenvalue weighted by atomic mass is 19.2. The number of hydrogen-bond acceptors (Lipinski definition) is 2. The molecule has 2 aromatic carbocycles. The first kappa shape index (κ1) is 17.5. The van der Waals surface area contributed by atoms with E-state index in [4.69, 9.17) is 9.47 Å². The fourth-order valence-electron chi connectivity index (χ4n) is 3.14. The van der Waals surface area contributed by atoms with Gasteiger partial charge in [-0.15, -0.1) is 6.58 Å².